The van der Waals surface area contributed by atoms with Crippen molar-refractivity contribution in [3.8, 4) is 0 Å². The first-order valence-electron chi connectivity index (χ1n) is 6.38. The highest BCUT2D eigenvalue weighted by atomic mass is 32.3. The molecule has 19 heavy (non-hydrogen) atoms. The van der Waals surface area contributed by atoms with E-state index in [1.165, 1.54) is 4.90 Å². The fraction of sp³-hybridized carbons (Fsp3) is 0.917. The number of halogens is 1. The summed E-state index contributed by atoms with van der Waals surface area (Å²) >= 11 is 0. The highest BCUT2D eigenvalue weighted by Gasteiger charge is 2.33. The molecule has 2 atom stereocenters. The third-order valence-corrected chi connectivity index (χ3v) is 4.01. The molecule has 0 radical (unpaired) electrons. The van der Waals surface area contributed by atoms with Gasteiger partial charge in [0.2, 0.25) is 0 Å². The minimum atomic E-state index is -4.52. The molecule has 2 unspecified atom stereocenters. The van der Waals surface area contributed by atoms with Gasteiger partial charge in [-0.3, -0.25) is 0 Å². The molecule has 0 aromatic rings. The predicted octanol–water partition coefficient (Wildman–Crippen LogP) is 2.18. The number of likely N-dealkylation sites (tertiary alicyclic amines) is 1. The molecule has 1 fully saturated rings. The lowest BCUT2D eigenvalue weighted by Gasteiger charge is -2.37. The molecule has 0 aromatic carbocycles. The van der Waals surface area contributed by atoms with Crippen molar-refractivity contribution >= 4 is 16.3 Å². The Kier molecular flexibility index (Phi) is 4.81. The summed E-state index contributed by atoms with van der Waals surface area (Å²) in [5.74, 6) is -0.839. The molecule has 0 spiro atoms. The molecule has 1 amide bonds. The van der Waals surface area contributed by atoms with Crippen molar-refractivity contribution in [2.24, 2.45) is 11.8 Å². The average Bonchev–Trinajstić information content (AvgIpc) is 2.16. The number of nitrogens with zero attached hydrogens (tertiary/aromatic N) is 1. The van der Waals surface area contributed by atoms with Gasteiger partial charge in [-0.2, -0.15) is 8.42 Å². The van der Waals surface area contributed by atoms with E-state index in [4.69, 9.17) is 4.74 Å². The van der Waals surface area contributed by atoms with Crippen LogP contribution in [0, 0.1) is 11.8 Å². The van der Waals surface area contributed by atoms with E-state index in [9.17, 15) is 17.1 Å². The number of piperidine rings is 1. The standard InChI is InChI=1S/C12H22FNO4S/c1-9-5-6-14(11(15)18-12(2,3)4)7-10(9)8-19(13,16)17/h9-10H,5-8H2,1-4H3. The molecule has 0 N–H and O–H groups in total. The number of carbonyl (C=O) groups is 1. The van der Waals surface area contributed by atoms with E-state index in [0.717, 1.165) is 0 Å². The number of ether oxygens (including phenoxy) is 1. The van der Waals surface area contributed by atoms with Crippen LogP contribution in [0.15, 0.2) is 0 Å². The summed E-state index contributed by atoms with van der Waals surface area (Å²) in [7, 11) is -4.52. The van der Waals surface area contributed by atoms with Crippen LogP contribution in [0.2, 0.25) is 0 Å². The second kappa shape index (κ2) is 5.64. The molecule has 0 saturated carbocycles. The smallest absolute Gasteiger partial charge is 0.410 e. The van der Waals surface area contributed by atoms with Crippen LogP contribution in [0.1, 0.15) is 34.1 Å². The van der Waals surface area contributed by atoms with Crippen LogP contribution in [0.3, 0.4) is 0 Å². The molecular formula is C12H22FNO4S. The first-order chi connectivity index (χ1) is 8.48. The zero-order chi connectivity index (χ0) is 14.8. The SMILES string of the molecule is CC1CCN(C(=O)OC(C)(C)C)CC1CS(=O)(=O)F. The Bertz CT molecular complexity index is 430. The van der Waals surface area contributed by atoms with Crippen molar-refractivity contribution < 1.29 is 21.8 Å². The topological polar surface area (TPSA) is 63.7 Å². The van der Waals surface area contributed by atoms with Gasteiger partial charge < -0.3 is 9.64 Å². The monoisotopic (exact) mass is 295 g/mol. The van der Waals surface area contributed by atoms with Gasteiger partial charge in [0.25, 0.3) is 0 Å². The van der Waals surface area contributed by atoms with Crippen molar-refractivity contribution in [3.05, 3.63) is 0 Å². The zero-order valence-corrected chi connectivity index (χ0v) is 12.7. The lowest BCUT2D eigenvalue weighted by Crippen LogP contribution is -2.46. The van der Waals surface area contributed by atoms with Crippen molar-refractivity contribution in [1.82, 2.24) is 4.90 Å². The Hall–Kier alpha value is -0.850. The summed E-state index contributed by atoms with van der Waals surface area (Å²) in [5.41, 5.74) is -0.595. The van der Waals surface area contributed by atoms with Crippen LogP contribution in [0.4, 0.5) is 8.68 Å². The molecule has 112 valence electrons. The van der Waals surface area contributed by atoms with Crippen LogP contribution in [0.5, 0.6) is 0 Å². The molecule has 1 heterocycles. The number of hydrogen-bond donors (Lipinski definition) is 0. The maximum atomic E-state index is 12.8. The molecule has 1 aliphatic heterocycles. The van der Waals surface area contributed by atoms with Crippen molar-refractivity contribution in [2.75, 3.05) is 18.8 Å². The second-order valence-corrected chi connectivity index (χ2v) is 7.57. The van der Waals surface area contributed by atoms with Gasteiger partial charge >= 0.3 is 16.3 Å². The maximum Gasteiger partial charge on any atom is 0.410 e. The molecular weight excluding hydrogens is 273 g/mol. The van der Waals surface area contributed by atoms with Gasteiger partial charge in [0.1, 0.15) is 5.60 Å². The molecule has 0 aliphatic carbocycles. The van der Waals surface area contributed by atoms with Crippen molar-refractivity contribution in [1.29, 1.82) is 0 Å². The Morgan fingerprint density at radius 1 is 1.42 bits per heavy atom. The van der Waals surface area contributed by atoms with Crippen LogP contribution < -0.4 is 0 Å². The molecule has 1 aliphatic rings. The van der Waals surface area contributed by atoms with Crippen LogP contribution in [0.25, 0.3) is 0 Å². The Morgan fingerprint density at radius 2 is 2.00 bits per heavy atom. The summed E-state index contributed by atoms with van der Waals surface area (Å²) in [6, 6.07) is 0. The molecule has 1 saturated heterocycles. The average molecular weight is 295 g/mol. The van der Waals surface area contributed by atoms with E-state index < -0.39 is 27.7 Å². The summed E-state index contributed by atoms with van der Waals surface area (Å²) < 4.78 is 39.5. The normalized spacial score (nSPS) is 25.2. The second-order valence-electron chi connectivity index (χ2n) is 6.16. The first kappa shape index (κ1) is 16.2. The minimum absolute atomic E-state index is 0.0733. The van der Waals surface area contributed by atoms with Crippen molar-refractivity contribution in [3.63, 3.8) is 0 Å². The van der Waals surface area contributed by atoms with E-state index in [2.05, 4.69) is 0 Å². The quantitative estimate of drug-likeness (QED) is 0.732. The van der Waals surface area contributed by atoms with Crippen LogP contribution in [-0.2, 0) is 15.0 Å². The fourth-order valence-electron chi connectivity index (χ4n) is 2.11. The Labute approximate surface area is 114 Å². The number of rotatable bonds is 2. The van der Waals surface area contributed by atoms with Gasteiger partial charge in [-0.05, 0) is 39.0 Å². The molecule has 7 heteroatoms. The van der Waals surface area contributed by atoms with Gasteiger partial charge in [0.05, 0.1) is 5.75 Å². The predicted molar refractivity (Wildman–Crippen MR) is 70.0 cm³/mol. The van der Waals surface area contributed by atoms with E-state index in [1.807, 2.05) is 6.92 Å². The Balaban J connectivity index is 2.66. The van der Waals surface area contributed by atoms with Gasteiger partial charge in [0.15, 0.2) is 0 Å². The van der Waals surface area contributed by atoms with Gasteiger partial charge in [-0.25, -0.2) is 4.79 Å². The summed E-state index contributed by atoms with van der Waals surface area (Å²) in [5, 5.41) is 0. The first-order valence-corrected chi connectivity index (χ1v) is 7.93. The molecule has 0 aromatic heterocycles. The van der Waals surface area contributed by atoms with Gasteiger partial charge in [-0.15, -0.1) is 3.89 Å². The van der Waals surface area contributed by atoms with E-state index >= 15 is 0 Å². The van der Waals surface area contributed by atoms with Gasteiger partial charge in [0, 0.05) is 13.1 Å². The molecule has 5 nitrogen and oxygen atoms in total. The van der Waals surface area contributed by atoms with Crippen molar-refractivity contribution in [2.45, 2.75) is 39.7 Å². The lowest BCUT2D eigenvalue weighted by atomic mass is 9.89. The zero-order valence-electron chi connectivity index (χ0n) is 11.8. The maximum absolute atomic E-state index is 12.8. The number of amides is 1. The van der Waals surface area contributed by atoms with E-state index in [-0.39, 0.29) is 18.4 Å². The third-order valence-electron chi connectivity index (χ3n) is 3.18. The van der Waals surface area contributed by atoms with E-state index in [0.29, 0.717) is 13.0 Å². The third kappa shape index (κ3) is 5.76. The highest BCUT2D eigenvalue weighted by molar-refractivity contribution is 7.86. The van der Waals surface area contributed by atoms with Gasteiger partial charge in [-0.1, -0.05) is 6.92 Å². The molecule has 0 bridgehead atoms. The van der Waals surface area contributed by atoms with E-state index in [1.54, 1.807) is 20.8 Å². The molecule has 1 rings (SSSR count). The summed E-state index contributed by atoms with van der Waals surface area (Å²) in [6.07, 6.45) is 0.181. The van der Waals surface area contributed by atoms with Crippen LogP contribution in [-0.4, -0.2) is 43.9 Å². The fourth-order valence-corrected chi connectivity index (χ4v) is 3.06. The number of carbonyl (C=O) groups excluding carboxylic acids is 1. The largest absolute Gasteiger partial charge is 0.444 e. The summed E-state index contributed by atoms with van der Waals surface area (Å²) in [6.45, 7) is 7.91. The number of hydrogen-bond acceptors (Lipinski definition) is 4. The van der Waals surface area contributed by atoms with Crippen LogP contribution >= 0.6 is 0 Å². The lowest BCUT2D eigenvalue weighted by molar-refractivity contribution is 0.0129. The Morgan fingerprint density at radius 3 is 2.47 bits per heavy atom. The summed E-state index contributed by atoms with van der Waals surface area (Å²) in [4.78, 5) is 13.4. The highest BCUT2D eigenvalue weighted by Crippen LogP contribution is 2.26. The minimum Gasteiger partial charge on any atom is -0.444 e.